The molecule has 0 aliphatic carbocycles. The average molecular weight is 304 g/mol. The first-order valence-electron chi connectivity index (χ1n) is 7.33. The number of carbonyl (C=O) groups is 1. The van der Waals surface area contributed by atoms with Crippen molar-refractivity contribution in [3.63, 3.8) is 0 Å². The molecule has 3 heterocycles. The molecule has 0 bridgehead atoms. The maximum atomic E-state index is 12.6. The number of aryl methyl sites for hydroxylation is 2. The minimum absolute atomic E-state index is 0.0811. The minimum Gasteiger partial charge on any atom is -0.381 e. The van der Waals surface area contributed by atoms with Crippen molar-refractivity contribution < 1.29 is 9.53 Å². The zero-order chi connectivity index (χ0) is 15.7. The van der Waals surface area contributed by atoms with Gasteiger partial charge in [-0.05, 0) is 6.92 Å². The molecule has 0 saturated carbocycles. The van der Waals surface area contributed by atoms with Crippen molar-refractivity contribution in [1.29, 1.82) is 0 Å². The zero-order valence-corrected chi connectivity index (χ0v) is 13.1. The van der Waals surface area contributed by atoms with Crippen molar-refractivity contribution in [2.24, 2.45) is 14.1 Å². The van der Waals surface area contributed by atoms with E-state index in [0.717, 1.165) is 11.3 Å². The second-order valence-electron chi connectivity index (χ2n) is 5.50. The molecular formula is C14H20N6O2. The van der Waals surface area contributed by atoms with Crippen LogP contribution in [0.2, 0.25) is 0 Å². The highest BCUT2D eigenvalue weighted by Gasteiger charge is 2.32. The molecular weight excluding hydrogens is 284 g/mol. The molecule has 1 aliphatic heterocycles. The van der Waals surface area contributed by atoms with E-state index < -0.39 is 0 Å². The van der Waals surface area contributed by atoms with Crippen LogP contribution in [0.15, 0.2) is 12.5 Å². The number of rotatable bonds is 4. The maximum absolute atomic E-state index is 12.6. The molecule has 118 valence electrons. The molecule has 0 aromatic carbocycles. The second kappa shape index (κ2) is 5.88. The lowest BCUT2D eigenvalue weighted by atomic mass is 9.97. The molecule has 2 aromatic rings. The molecule has 0 saturated heterocycles. The van der Waals surface area contributed by atoms with Gasteiger partial charge in [0, 0.05) is 51.5 Å². The summed E-state index contributed by atoms with van der Waals surface area (Å²) in [5.41, 5.74) is 2.08. The number of carbonyl (C=O) groups excluding carboxylic acids is 1. The van der Waals surface area contributed by atoms with Gasteiger partial charge < -0.3 is 9.64 Å². The Bertz CT molecular complexity index is 677. The summed E-state index contributed by atoms with van der Waals surface area (Å²) in [6.07, 6.45) is 3.49. The predicted octanol–water partition coefficient (Wildman–Crippen LogP) is 0.325. The van der Waals surface area contributed by atoms with Crippen LogP contribution in [0, 0.1) is 0 Å². The van der Waals surface area contributed by atoms with Crippen LogP contribution in [0.3, 0.4) is 0 Å². The molecule has 1 amide bonds. The molecule has 1 unspecified atom stereocenters. The van der Waals surface area contributed by atoms with Crippen LogP contribution in [0.4, 0.5) is 0 Å². The van der Waals surface area contributed by atoms with Crippen molar-refractivity contribution in [1.82, 2.24) is 29.4 Å². The van der Waals surface area contributed by atoms with Crippen LogP contribution in [-0.2, 0) is 25.4 Å². The number of aromatic nitrogens is 5. The van der Waals surface area contributed by atoms with E-state index in [1.165, 1.54) is 11.0 Å². The van der Waals surface area contributed by atoms with E-state index in [-0.39, 0.29) is 17.6 Å². The highest BCUT2D eigenvalue weighted by Crippen LogP contribution is 2.28. The van der Waals surface area contributed by atoms with Gasteiger partial charge in [0.15, 0.2) is 0 Å². The number of nitrogens with zero attached hydrogens (tertiary/aromatic N) is 6. The van der Waals surface area contributed by atoms with Gasteiger partial charge in [-0.2, -0.15) is 5.10 Å². The number of fused-ring (bicyclic) bond motifs is 1. The number of amides is 1. The topological polar surface area (TPSA) is 78.1 Å². The first-order chi connectivity index (χ1) is 10.6. The molecule has 1 aliphatic rings. The molecule has 1 atom stereocenters. The highest BCUT2D eigenvalue weighted by atomic mass is 16.5. The summed E-state index contributed by atoms with van der Waals surface area (Å²) in [5, 5.41) is 8.62. The number of hydrogen-bond acceptors (Lipinski definition) is 5. The molecule has 22 heavy (non-hydrogen) atoms. The quantitative estimate of drug-likeness (QED) is 0.813. The molecule has 0 radical (unpaired) electrons. The van der Waals surface area contributed by atoms with E-state index in [1.54, 1.807) is 16.6 Å². The van der Waals surface area contributed by atoms with Gasteiger partial charge in [-0.3, -0.25) is 14.2 Å². The number of ether oxygens (including phenoxy) is 1. The van der Waals surface area contributed by atoms with Crippen LogP contribution in [0.5, 0.6) is 0 Å². The van der Waals surface area contributed by atoms with Crippen LogP contribution >= 0.6 is 0 Å². The molecule has 0 N–H and O–H groups in total. The van der Waals surface area contributed by atoms with E-state index in [2.05, 4.69) is 15.2 Å². The maximum Gasteiger partial charge on any atom is 0.293 e. The van der Waals surface area contributed by atoms with Crippen LogP contribution in [0.25, 0.3) is 0 Å². The lowest BCUT2D eigenvalue weighted by Crippen LogP contribution is -2.40. The van der Waals surface area contributed by atoms with Crippen molar-refractivity contribution in [3.8, 4) is 0 Å². The minimum atomic E-state index is -0.156. The Morgan fingerprint density at radius 2 is 2.18 bits per heavy atom. The van der Waals surface area contributed by atoms with Crippen molar-refractivity contribution in [2.45, 2.75) is 19.4 Å². The van der Waals surface area contributed by atoms with Crippen molar-refractivity contribution >= 4 is 5.91 Å². The van der Waals surface area contributed by atoms with E-state index in [9.17, 15) is 4.79 Å². The normalized spacial score (nSPS) is 17.6. The third kappa shape index (κ3) is 2.74. The van der Waals surface area contributed by atoms with Gasteiger partial charge in [0.25, 0.3) is 5.91 Å². The monoisotopic (exact) mass is 304 g/mol. The summed E-state index contributed by atoms with van der Waals surface area (Å²) in [7, 11) is 3.64. The Morgan fingerprint density at radius 3 is 2.86 bits per heavy atom. The van der Waals surface area contributed by atoms with Crippen LogP contribution < -0.4 is 0 Å². The molecule has 0 spiro atoms. The third-order valence-electron chi connectivity index (χ3n) is 3.73. The fraction of sp³-hybridized carbons (Fsp3) is 0.571. The first-order valence-corrected chi connectivity index (χ1v) is 7.33. The molecule has 3 rings (SSSR count). The Morgan fingerprint density at radius 1 is 1.36 bits per heavy atom. The first kappa shape index (κ1) is 14.7. The van der Waals surface area contributed by atoms with E-state index >= 15 is 0 Å². The van der Waals surface area contributed by atoms with Gasteiger partial charge >= 0.3 is 0 Å². The Labute approximate surface area is 128 Å². The van der Waals surface area contributed by atoms with E-state index in [1.807, 2.05) is 20.2 Å². The number of hydrogen-bond donors (Lipinski definition) is 0. The molecule has 2 aromatic heterocycles. The van der Waals surface area contributed by atoms with Gasteiger partial charge in [0.1, 0.15) is 6.33 Å². The fourth-order valence-corrected chi connectivity index (χ4v) is 2.77. The van der Waals surface area contributed by atoms with Gasteiger partial charge in [0.05, 0.1) is 12.3 Å². The van der Waals surface area contributed by atoms with Gasteiger partial charge in [-0.1, -0.05) is 0 Å². The lowest BCUT2D eigenvalue weighted by Gasteiger charge is -2.31. The Hall–Kier alpha value is -2.22. The van der Waals surface area contributed by atoms with E-state index in [0.29, 0.717) is 26.3 Å². The van der Waals surface area contributed by atoms with Gasteiger partial charge in [-0.25, -0.2) is 4.98 Å². The second-order valence-corrected chi connectivity index (χ2v) is 5.50. The van der Waals surface area contributed by atoms with Crippen LogP contribution in [0.1, 0.15) is 34.7 Å². The Kier molecular flexibility index (Phi) is 3.93. The summed E-state index contributed by atoms with van der Waals surface area (Å²) >= 11 is 0. The summed E-state index contributed by atoms with van der Waals surface area (Å²) in [6, 6.07) is 0. The molecule has 8 nitrogen and oxygen atoms in total. The standard InChI is InChI=1S/C14H20N6O2/c1-4-22-8-11-7-20(6-10-5-18(2)16-12(10)11)14(21)13-15-9-19(3)17-13/h5,9,11H,4,6-8H2,1-3H3. The Balaban J connectivity index is 1.84. The van der Waals surface area contributed by atoms with Crippen molar-refractivity contribution in [3.05, 3.63) is 29.6 Å². The summed E-state index contributed by atoms with van der Waals surface area (Å²) in [6.45, 7) is 4.27. The summed E-state index contributed by atoms with van der Waals surface area (Å²) < 4.78 is 8.87. The smallest absolute Gasteiger partial charge is 0.293 e. The largest absolute Gasteiger partial charge is 0.381 e. The highest BCUT2D eigenvalue weighted by molar-refractivity contribution is 5.90. The summed E-state index contributed by atoms with van der Waals surface area (Å²) in [4.78, 5) is 18.4. The summed E-state index contributed by atoms with van der Waals surface area (Å²) in [5.74, 6) is 0.152. The van der Waals surface area contributed by atoms with Gasteiger partial charge in [0.2, 0.25) is 5.82 Å². The zero-order valence-electron chi connectivity index (χ0n) is 13.1. The fourth-order valence-electron chi connectivity index (χ4n) is 2.77. The SMILES string of the molecule is CCOCC1CN(C(=O)c2ncn(C)n2)Cc2cn(C)nc21. The predicted molar refractivity (Wildman–Crippen MR) is 78.2 cm³/mol. The van der Waals surface area contributed by atoms with Crippen LogP contribution in [-0.4, -0.2) is 55.1 Å². The average Bonchev–Trinajstić information content (AvgIpc) is 3.08. The van der Waals surface area contributed by atoms with Crippen molar-refractivity contribution in [2.75, 3.05) is 19.8 Å². The molecule has 8 heteroatoms. The van der Waals surface area contributed by atoms with E-state index in [4.69, 9.17) is 4.74 Å². The third-order valence-corrected chi connectivity index (χ3v) is 3.73. The lowest BCUT2D eigenvalue weighted by molar-refractivity contribution is 0.0640. The molecule has 0 fully saturated rings. The van der Waals surface area contributed by atoms with Gasteiger partial charge in [-0.15, -0.1) is 5.10 Å².